The Hall–Kier alpha value is -1.35. The molecule has 3 nitrogen and oxygen atoms in total. The molecule has 0 bridgehead atoms. The maximum absolute atomic E-state index is 4.42. The molecule has 0 saturated heterocycles. The molecule has 3 heteroatoms. The van der Waals surface area contributed by atoms with Crippen molar-refractivity contribution in [1.29, 1.82) is 0 Å². The standard InChI is InChI=1S/C15H23N3/c1-4-8-18(14-6-7-14)15-9-12(3)17-11-13(15)10-16-5-2/h4,9,11,14,16H,1,5-8,10H2,2-3H3. The average Bonchev–Trinajstić information content (AvgIpc) is 3.19. The minimum absolute atomic E-state index is 0.699. The van der Waals surface area contributed by atoms with E-state index in [0.29, 0.717) is 6.04 Å². The van der Waals surface area contributed by atoms with Crippen LogP contribution in [0.2, 0.25) is 0 Å². The SMILES string of the molecule is C=CCN(c1cc(C)ncc1CNCC)C1CC1. The Morgan fingerprint density at radius 1 is 1.56 bits per heavy atom. The number of rotatable bonds is 7. The Balaban J connectivity index is 2.26. The molecule has 1 aromatic rings. The van der Waals surface area contributed by atoms with Gasteiger partial charge in [0.2, 0.25) is 0 Å². The first-order valence-electron chi connectivity index (χ1n) is 6.80. The molecule has 98 valence electrons. The predicted molar refractivity (Wildman–Crippen MR) is 76.9 cm³/mol. The van der Waals surface area contributed by atoms with Gasteiger partial charge in [0, 0.05) is 42.3 Å². The van der Waals surface area contributed by atoms with Crippen LogP contribution in [0.4, 0.5) is 5.69 Å². The molecule has 0 amide bonds. The predicted octanol–water partition coefficient (Wildman–Crippen LogP) is 2.65. The molecule has 0 radical (unpaired) electrons. The number of pyridine rings is 1. The van der Waals surface area contributed by atoms with Gasteiger partial charge in [0.05, 0.1) is 0 Å². The molecule has 1 aromatic heterocycles. The molecule has 1 N–H and O–H groups in total. The van der Waals surface area contributed by atoms with Crippen LogP contribution >= 0.6 is 0 Å². The Bertz CT molecular complexity index is 410. The van der Waals surface area contributed by atoms with Crippen LogP contribution in [0.15, 0.2) is 24.9 Å². The topological polar surface area (TPSA) is 28.2 Å². The Morgan fingerprint density at radius 3 is 2.94 bits per heavy atom. The lowest BCUT2D eigenvalue weighted by Gasteiger charge is -2.26. The summed E-state index contributed by atoms with van der Waals surface area (Å²) in [4.78, 5) is 6.89. The smallest absolute Gasteiger partial charge is 0.0450 e. The minimum atomic E-state index is 0.699. The maximum Gasteiger partial charge on any atom is 0.0450 e. The van der Waals surface area contributed by atoms with Crippen LogP contribution < -0.4 is 10.2 Å². The van der Waals surface area contributed by atoms with E-state index in [4.69, 9.17) is 0 Å². The van der Waals surface area contributed by atoms with Crippen LogP contribution in [-0.2, 0) is 6.54 Å². The summed E-state index contributed by atoms with van der Waals surface area (Å²) in [5.41, 5.74) is 3.70. The van der Waals surface area contributed by atoms with Gasteiger partial charge in [0.25, 0.3) is 0 Å². The average molecular weight is 245 g/mol. The number of aryl methyl sites for hydroxylation is 1. The molecule has 0 aromatic carbocycles. The lowest BCUT2D eigenvalue weighted by Crippen LogP contribution is -2.28. The van der Waals surface area contributed by atoms with Gasteiger partial charge >= 0.3 is 0 Å². The van der Waals surface area contributed by atoms with Crippen molar-refractivity contribution in [2.45, 2.75) is 39.3 Å². The van der Waals surface area contributed by atoms with Gasteiger partial charge in [-0.25, -0.2) is 0 Å². The second-order valence-electron chi connectivity index (χ2n) is 4.91. The molecular formula is C15H23N3. The molecule has 0 atom stereocenters. The van der Waals surface area contributed by atoms with Crippen molar-refractivity contribution in [2.75, 3.05) is 18.0 Å². The number of anilines is 1. The first-order chi connectivity index (χ1) is 8.76. The van der Waals surface area contributed by atoms with Crippen molar-refractivity contribution in [3.05, 3.63) is 36.2 Å². The van der Waals surface area contributed by atoms with Crippen molar-refractivity contribution >= 4 is 5.69 Å². The molecule has 1 saturated carbocycles. The highest BCUT2D eigenvalue weighted by Gasteiger charge is 2.29. The van der Waals surface area contributed by atoms with E-state index >= 15 is 0 Å². The minimum Gasteiger partial charge on any atom is -0.364 e. The first-order valence-corrected chi connectivity index (χ1v) is 6.80. The summed E-state index contributed by atoms with van der Waals surface area (Å²) in [7, 11) is 0. The van der Waals surface area contributed by atoms with Crippen LogP contribution in [-0.4, -0.2) is 24.1 Å². The van der Waals surface area contributed by atoms with Gasteiger partial charge in [-0.3, -0.25) is 4.98 Å². The zero-order valence-electron chi connectivity index (χ0n) is 11.4. The molecule has 0 unspecified atom stereocenters. The monoisotopic (exact) mass is 245 g/mol. The van der Waals surface area contributed by atoms with Gasteiger partial charge in [-0.2, -0.15) is 0 Å². The van der Waals surface area contributed by atoms with E-state index in [9.17, 15) is 0 Å². The van der Waals surface area contributed by atoms with Crippen LogP contribution in [0.25, 0.3) is 0 Å². The second-order valence-corrected chi connectivity index (χ2v) is 4.91. The highest BCUT2D eigenvalue weighted by Crippen LogP contribution is 2.33. The Morgan fingerprint density at radius 2 is 2.33 bits per heavy atom. The normalized spacial score (nSPS) is 14.6. The van der Waals surface area contributed by atoms with E-state index in [-0.39, 0.29) is 0 Å². The van der Waals surface area contributed by atoms with Gasteiger partial charge in [0.15, 0.2) is 0 Å². The molecule has 1 aliphatic rings. The second kappa shape index (κ2) is 6.01. The number of nitrogens with one attached hydrogen (secondary N) is 1. The van der Waals surface area contributed by atoms with Gasteiger partial charge < -0.3 is 10.2 Å². The lowest BCUT2D eigenvalue weighted by molar-refractivity contribution is 0.717. The fourth-order valence-corrected chi connectivity index (χ4v) is 2.21. The molecular weight excluding hydrogens is 222 g/mol. The van der Waals surface area contributed by atoms with E-state index in [2.05, 4.69) is 41.7 Å². The fourth-order valence-electron chi connectivity index (χ4n) is 2.21. The van der Waals surface area contributed by atoms with Crippen molar-refractivity contribution in [3.8, 4) is 0 Å². The summed E-state index contributed by atoms with van der Waals surface area (Å²) in [6, 6.07) is 2.90. The van der Waals surface area contributed by atoms with Crippen molar-refractivity contribution in [2.24, 2.45) is 0 Å². The summed E-state index contributed by atoms with van der Waals surface area (Å²) >= 11 is 0. The molecule has 0 aliphatic heterocycles. The van der Waals surface area contributed by atoms with E-state index in [1.807, 2.05) is 12.3 Å². The third kappa shape index (κ3) is 3.10. The third-order valence-corrected chi connectivity index (χ3v) is 3.29. The van der Waals surface area contributed by atoms with E-state index < -0.39 is 0 Å². The molecule has 1 fully saturated rings. The van der Waals surface area contributed by atoms with Crippen LogP contribution in [0.3, 0.4) is 0 Å². The zero-order valence-corrected chi connectivity index (χ0v) is 11.4. The van der Waals surface area contributed by atoms with Gasteiger partial charge in [0.1, 0.15) is 0 Å². The molecule has 18 heavy (non-hydrogen) atoms. The highest BCUT2D eigenvalue weighted by atomic mass is 15.2. The van der Waals surface area contributed by atoms with Crippen molar-refractivity contribution in [3.63, 3.8) is 0 Å². The van der Waals surface area contributed by atoms with Gasteiger partial charge in [-0.1, -0.05) is 13.0 Å². The Kier molecular flexibility index (Phi) is 4.37. The molecule has 0 spiro atoms. The van der Waals surface area contributed by atoms with E-state index in [1.165, 1.54) is 24.1 Å². The fraction of sp³-hybridized carbons (Fsp3) is 0.533. The third-order valence-electron chi connectivity index (χ3n) is 3.29. The summed E-state index contributed by atoms with van der Waals surface area (Å²) in [6.45, 7) is 10.9. The van der Waals surface area contributed by atoms with Crippen LogP contribution in [0.1, 0.15) is 31.0 Å². The number of nitrogens with zero attached hydrogens (tertiary/aromatic N) is 2. The summed E-state index contributed by atoms with van der Waals surface area (Å²) in [6.07, 6.45) is 6.60. The molecule has 2 rings (SSSR count). The zero-order chi connectivity index (χ0) is 13.0. The highest BCUT2D eigenvalue weighted by molar-refractivity contribution is 5.56. The van der Waals surface area contributed by atoms with E-state index in [0.717, 1.165) is 25.3 Å². The largest absolute Gasteiger partial charge is 0.364 e. The summed E-state index contributed by atoms with van der Waals surface area (Å²) in [5.74, 6) is 0. The quantitative estimate of drug-likeness (QED) is 0.749. The van der Waals surface area contributed by atoms with E-state index in [1.54, 1.807) is 0 Å². The molecule has 1 aliphatic carbocycles. The number of aromatic nitrogens is 1. The Labute approximate surface area is 110 Å². The first kappa shape index (κ1) is 13.1. The maximum atomic E-state index is 4.42. The number of hydrogen-bond donors (Lipinski definition) is 1. The number of hydrogen-bond acceptors (Lipinski definition) is 3. The van der Waals surface area contributed by atoms with Crippen molar-refractivity contribution < 1.29 is 0 Å². The van der Waals surface area contributed by atoms with Crippen LogP contribution in [0, 0.1) is 6.92 Å². The van der Waals surface area contributed by atoms with Crippen LogP contribution in [0.5, 0.6) is 0 Å². The summed E-state index contributed by atoms with van der Waals surface area (Å²) < 4.78 is 0. The molecule has 1 heterocycles. The van der Waals surface area contributed by atoms with Crippen molar-refractivity contribution in [1.82, 2.24) is 10.3 Å². The van der Waals surface area contributed by atoms with Gasteiger partial charge in [-0.05, 0) is 32.4 Å². The van der Waals surface area contributed by atoms with Gasteiger partial charge in [-0.15, -0.1) is 6.58 Å². The summed E-state index contributed by atoms with van der Waals surface area (Å²) in [5, 5.41) is 3.39. The lowest BCUT2D eigenvalue weighted by atomic mass is 10.1.